The van der Waals surface area contributed by atoms with Gasteiger partial charge in [-0.1, -0.05) is 0 Å². The van der Waals surface area contributed by atoms with Gasteiger partial charge in [-0.25, -0.2) is 5.09 Å². The van der Waals surface area contributed by atoms with Gasteiger partial charge in [0.05, 0.1) is 55.9 Å². The van der Waals surface area contributed by atoms with Crippen molar-refractivity contribution in [3.8, 4) is 0 Å². The molecule has 29 heavy (non-hydrogen) atoms. The van der Waals surface area contributed by atoms with Gasteiger partial charge in [-0.05, 0) is 41.5 Å². The molecule has 10 nitrogen and oxygen atoms in total. The van der Waals surface area contributed by atoms with E-state index in [-0.39, 0.29) is 25.4 Å². The van der Waals surface area contributed by atoms with Crippen LogP contribution in [0.3, 0.4) is 0 Å². The molecule has 0 amide bonds. The van der Waals surface area contributed by atoms with Crippen LogP contribution >= 0.6 is 7.75 Å². The highest BCUT2D eigenvalue weighted by Gasteiger charge is 2.45. The zero-order valence-corrected chi connectivity index (χ0v) is 18.8. The number of aliphatic hydroxyl groups excluding tert-OH is 2. The van der Waals surface area contributed by atoms with Crippen LogP contribution in [0.4, 0.5) is 0 Å². The van der Waals surface area contributed by atoms with Crippen LogP contribution in [0, 0.1) is 0 Å². The van der Waals surface area contributed by atoms with E-state index in [1.165, 1.54) is 0 Å². The van der Waals surface area contributed by atoms with Gasteiger partial charge in [0.1, 0.15) is 18.3 Å². The van der Waals surface area contributed by atoms with Crippen molar-refractivity contribution in [1.29, 1.82) is 0 Å². The Kier molecular flexibility index (Phi) is 9.06. The monoisotopic (exact) mass is 440 g/mol. The molecular weight excluding hydrogens is 405 g/mol. The summed E-state index contributed by atoms with van der Waals surface area (Å²) in [4.78, 5) is 12.5. The molecule has 0 spiro atoms. The summed E-state index contributed by atoms with van der Waals surface area (Å²) in [6.07, 6.45) is -5.29. The van der Waals surface area contributed by atoms with Crippen LogP contribution < -0.4 is 9.98 Å². The van der Waals surface area contributed by atoms with E-state index >= 15 is 0 Å². The lowest BCUT2D eigenvalue weighted by Crippen LogP contribution is -2.47. The van der Waals surface area contributed by atoms with Gasteiger partial charge in [0.15, 0.2) is 0 Å². The van der Waals surface area contributed by atoms with Gasteiger partial charge in [-0.2, -0.15) is 0 Å². The molecule has 0 aromatic rings. The van der Waals surface area contributed by atoms with E-state index in [2.05, 4.69) is 5.09 Å². The van der Waals surface area contributed by atoms with Crippen LogP contribution in [-0.2, 0) is 28.0 Å². The average Bonchev–Trinajstić information content (AvgIpc) is 3.02. The van der Waals surface area contributed by atoms with Crippen LogP contribution in [0.25, 0.3) is 0 Å². The first-order valence-corrected chi connectivity index (χ1v) is 11.6. The van der Waals surface area contributed by atoms with Crippen molar-refractivity contribution in [2.75, 3.05) is 13.2 Å². The first kappa shape index (κ1) is 25.1. The molecule has 2 heterocycles. The predicted octanol–water partition coefficient (Wildman–Crippen LogP) is -0.0554. The Balaban J connectivity index is 1.96. The second-order valence-electron chi connectivity index (χ2n) is 8.22. The zero-order chi connectivity index (χ0) is 21.9. The second kappa shape index (κ2) is 10.5. The summed E-state index contributed by atoms with van der Waals surface area (Å²) in [6.45, 7) is 10.5. The number of ether oxygens (including phenoxy) is 4. The summed E-state index contributed by atoms with van der Waals surface area (Å²) < 4.78 is 40.0. The largest absolute Gasteiger partial charge is 0.766 e. The number of hydrogen-bond acceptors (Lipinski definition) is 9. The van der Waals surface area contributed by atoms with E-state index in [1.807, 2.05) is 27.7 Å². The van der Waals surface area contributed by atoms with E-state index < -0.39 is 56.5 Å². The maximum absolute atomic E-state index is 12.5. The Morgan fingerprint density at radius 2 is 1.59 bits per heavy atom. The highest BCUT2D eigenvalue weighted by atomic mass is 31.2. The van der Waals surface area contributed by atoms with E-state index in [0.29, 0.717) is 0 Å². The van der Waals surface area contributed by atoms with Crippen LogP contribution in [0.5, 0.6) is 0 Å². The fourth-order valence-corrected chi connectivity index (χ4v) is 4.57. The fraction of sp³-hybridized carbons (Fsp3) is 1.00. The minimum atomic E-state index is -4.56. The van der Waals surface area contributed by atoms with Crippen LogP contribution in [0.1, 0.15) is 41.5 Å². The van der Waals surface area contributed by atoms with Gasteiger partial charge < -0.3 is 38.6 Å². The van der Waals surface area contributed by atoms with Crippen molar-refractivity contribution >= 4 is 7.75 Å². The summed E-state index contributed by atoms with van der Waals surface area (Å²) in [7, 11) is -4.56. The van der Waals surface area contributed by atoms with E-state index in [4.69, 9.17) is 23.5 Å². The van der Waals surface area contributed by atoms with Crippen LogP contribution in [-0.4, -0.2) is 84.4 Å². The molecule has 3 unspecified atom stereocenters. The van der Waals surface area contributed by atoms with Gasteiger partial charge in [0, 0.05) is 0 Å². The summed E-state index contributed by atoms with van der Waals surface area (Å²) in [5.74, 6) is 0. The third-order valence-corrected chi connectivity index (χ3v) is 6.05. The van der Waals surface area contributed by atoms with Gasteiger partial charge in [0.2, 0.25) is 7.75 Å². The number of rotatable bonds is 10. The highest BCUT2D eigenvalue weighted by Crippen LogP contribution is 2.38. The van der Waals surface area contributed by atoms with E-state index in [9.17, 15) is 19.7 Å². The molecule has 2 rings (SSSR count). The summed E-state index contributed by atoms with van der Waals surface area (Å²) in [6, 6.07) is -0.899. The van der Waals surface area contributed by atoms with E-state index in [1.54, 1.807) is 13.8 Å². The number of nitrogens with one attached hydrogen (secondary N) is 1. The molecule has 0 radical (unpaired) electrons. The van der Waals surface area contributed by atoms with Crippen molar-refractivity contribution in [2.45, 2.75) is 103 Å². The van der Waals surface area contributed by atoms with E-state index in [0.717, 1.165) is 0 Å². The molecular formula is C18H35NO9P-. The molecule has 0 bridgehead atoms. The maximum atomic E-state index is 12.5. The SMILES string of the molecule is CC(C)OC[C@H]1O[C@@H](C)[C@@H](O)C1NP(=O)([O-])OC[C@H]1O[C@@H](C)[C@@H](O)C1OC(C)C. The van der Waals surface area contributed by atoms with Crippen molar-refractivity contribution in [2.24, 2.45) is 0 Å². The molecule has 172 valence electrons. The second-order valence-corrected chi connectivity index (χ2v) is 9.73. The lowest BCUT2D eigenvalue weighted by Gasteiger charge is -2.32. The molecule has 9 atom stereocenters. The molecule has 0 aromatic carbocycles. The Morgan fingerprint density at radius 3 is 2.17 bits per heavy atom. The molecule has 2 fully saturated rings. The minimum Gasteiger partial charge on any atom is -0.766 e. The summed E-state index contributed by atoms with van der Waals surface area (Å²) >= 11 is 0. The molecule has 2 aliphatic heterocycles. The minimum absolute atomic E-state index is 0.0616. The topological polar surface area (TPSA) is 139 Å². The molecule has 11 heteroatoms. The molecule has 0 aromatic heterocycles. The smallest absolute Gasteiger partial charge is 0.204 e. The molecule has 0 saturated carbocycles. The molecule has 0 aliphatic carbocycles. The van der Waals surface area contributed by atoms with Crippen molar-refractivity contribution in [3.63, 3.8) is 0 Å². The average molecular weight is 440 g/mol. The van der Waals surface area contributed by atoms with Gasteiger partial charge >= 0.3 is 0 Å². The first-order valence-electron chi connectivity index (χ1n) is 10.1. The third-order valence-electron chi connectivity index (χ3n) is 4.95. The third kappa shape index (κ3) is 6.93. The first-order chi connectivity index (χ1) is 13.4. The quantitative estimate of drug-likeness (QED) is 0.396. The van der Waals surface area contributed by atoms with Crippen LogP contribution in [0.15, 0.2) is 0 Å². The Morgan fingerprint density at radius 1 is 1.00 bits per heavy atom. The van der Waals surface area contributed by atoms with Gasteiger partial charge in [-0.3, -0.25) is 4.57 Å². The number of aliphatic hydroxyl groups is 2. The van der Waals surface area contributed by atoms with Gasteiger partial charge in [0.25, 0.3) is 0 Å². The van der Waals surface area contributed by atoms with Crippen molar-refractivity contribution in [1.82, 2.24) is 5.09 Å². The zero-order valence-electron chi connectivity index (χ0n) is 17.9. The Hall–Kier alpha value is -0.130. The standard InChI is InChI=1S/C18H36NO9P/c1-9(2)24-7-13-15(16(20)11(5)27-13)19-29(22,23)25-8-14-18(26-10(3)4)17(21)12(6)28-14/h9-18,20-21H,7-8H2,1-6H3,(H2,19,22,23)/p-1/t11-,12-,13+,14+,15?,16+,17+,18?/m0/s1. The van der Waals surface area contributed by atoms with Gasteiger partial charge in [-0.15, -0.1) is 0 Å². The highest BCUT2D eigenvalue weighted by molar-refractivity contribution is 7.49. The Labute approximate surface area is 172 Å². The fourth-order valence-electron chi connectivity index (χ4n) is 3.47. The lowest BCUT2D eigenvalue weighted by molar-refractivity contribution is -0.207. The molecule has 2 saturated heterocycles. The number of hydrogen-bond donors (Lipinski definition) is 3. The molecule has 2 aliphatic rings. The molecule has 3 N–H and O–H groups in total. The van der Waals surface area contributed by atoms with Crippen LogP contribution in [0.2, 0.25) is 0 Å². The normalized spacial score (nSPS) is 40.1. The Bertz CT molecular complexity index is 563. The predicted molar refractivity (Wildman–Crippen MR) is 102 cm³/mol. The summed E-state index contributed by atoms with van der Waals surface area (Å²) in [5.41, 5.74) is 0. The van der Waals surface area contributed by atoms with Crippen molar-refractivity contribution < 1.29 is 43.1 Å². The maximum Gasteiger partial charge on any atom is 0.204 e. The van der Waals surface area contributed by atoms with Crippen molar-refractivity contribution in [3.05, 3.63) is 0 Å². The lowest BCUT2D eigenvalue weighted by atomic mass is 10.1. The summed E-state index contributed by atoms with van der Waals surface area (Å²) in [5, 5.41) is 22.9.